The van der Waals surface area contributed by atoms with E-state index in [0.717, 1.165) is 10.2 Å². The smallest absolute Gasteiger partial charge is 0.277 e. The number of fused-ring (bicyclic) bond motifs is 1. The van der Waals surface area contributed by atoms with Crippen LogP contribution in [0.1, 0.15) is 11.7 Å². The summed E-state index contributed by atoms with van der Waals surface area (Å²) in [6.45, 7) is 1.75. The Balaban J connectivity index is 1.82. The zero-order valence-electron chi connectivity index (χ0n) is 9.25. The van der Waals surface area contributed by atoms with Crippen LogP contribution in [0.25, 0.3) is 10.2 Å². The van der Waals surface area contributed by atoms with Gasteiger partial charge in [0.15, 0.2) is 0 Å². The van der Waals surface area contributed by atoms with Gasteiger partial charge in [-0.15, -0.1) is 21.5 Å². The van der Waals surface area contributed by atoms with Crippen molar-refractivity contribution in [1.29, 1.82) is 0 Å². The van der Waals surface area contributed by atoms with Crippen molar-refractivity contribution < 1.29 is 4.42 Å². The summed E-state index contributed by atoms with van der Waals surface area (Å²) >= 11 is 9.02. The predicted molar refractivity (Wildman–Crippen MR) is 71.0 cm³/mol. The Morgan fingerprint density at radius 3 is 3.06 bits per heavy atom. The van der Waals surface area contributed by atoms with E-state index in [9.17, 15) is 0 Å². The van der Waals surface area contributed by atoms with Gasteiger partial charge in [0.25, 0.3) is 5.22 Å². The first kappa shape index (κ1) is 11.9. The molecule has 0 atom stereocenters. The summed E-state index contributed by atoms with van der Waals surface area (Å²) in [7, 11) is 0. The molecule has 0 aliphatic carbocycles. The summed E-state index contributed by atoms with van der Waals surface area (Å²) in [6.07, 6.45) is 0. The SMILES string of the molecule is Cc1nnc(SCc2nc(Cl)c3ccsc3n2)o1. The van der Waals surface area contributed by atoms with Crippen molar-refractivity contribution in [2.75, 3.05) is 0 Å². The molecule has 0 radical (unpaired) electrons. The van der Waals surface area contributed by atoms with Gasteiger partial charge in [0.1, 0.15) is 15.8 Å². The zero-order valence-corrected chi connectivity index (χ0v) is 11.6. The lowest BCUT2D eigenvalue weighted by molar-refractivity contribution is 0.429. The van der Waals surface area contributed by atoms with Gasteiger partial charge in [-0.25, -0.2) is 9.97 Å². The maximum absolute atomic E-state index is 6.08. The third kappa shape index (κ3) is 2.33. The van der Waals surface area contributed by atoms with Crippen LogP contribution in [0.3, 0.4) is 0 Å². The van der Waals surface area contributed by atoms with Crippen LogP contribution < -0.4 is 0 Å². The monoisotopic (exact) mass is 298 g/mol. The molecule has 0 spiro atoms. The Kier molecular flexibility index (Phi) is 3.19. The Bertz CT molecular complexity index is 696. The van der Waals surface area contributed by atoms with Crippen LogP contribution in [0.15, 0.2) is 21.1 Å². The van der Waals surface area contributed by atoms with E-state index in [-0.39, 0.29) is 0 Å². The minimum Gasteiger partial charge on any atom is -0.416 e. The fourth-order valence-electron chi connectivity index (χ4n) is 1.39. The van der Waals surface area contributed by atoms with Crippen LogP contribution >= 0.6 is 34.7 Å². The molecule has 18 heavy (non-hydrogen) atoms. The topological polar surface area (TPSA) is 64.7 Å². The molecule has 0 unspecified atom stereocenters. The molecular weight excluding hydrogens is 292 g/mol. The molecule has 3 aromatic rings. The molecule has 0 fully saturated rings. The second-order valence-corrected chi connectivity index (χ2v) is 5.62. The normalized spacial score (nSPS) is 11.2. The quantitative estimate of drug-likeness (QED) is 0.546. The van der Waals surface area contributed by atoms with Crippen LogP contribution in [-0.2, 0) is 5.75 Å². The van der Waals surface area contributed by atoms with Crippen LogP contribution in [0.2, 0.25) is 5.15 Å². The van der Waals surface area contributed by atoms with Crippen LogP contribution in [0.5, 0.6) is 0 Å². The van der Waals surface area contributed by atoms with E-state index in [2.05, 4.69) is 20.2 Å². The molecule has 0 aromatic carbocycles. The molecule has 0 bridgehead atoms. The summed E-state index contributed by atoms with van der Waals surface area (Å²) in [5.41, 5.74) is 0. The summed E-state index contributed by atoms with van der Waals surface area (Å²) in [5, 5.41) is 11.5. The Labute approximate surface area is 116 Å². The molecule has 0 N–H and O–H groups in total. The maximum atomic E-state index is 6.08. The number of hydrogen-bond donors (Lipinski definition) is 0. The molecular formula is C10H7ClN4OS2. The standard InChI is InChI=1S/C10H7ClN4OS2/c1-5-14-15-10(16-5)18-4-7-12-8(11)6-2-3-17-9(6)13-7/h2-3H,4H2,1H3. The molecule has 0 amide bonds. The highest BCUT2D eigenvalue weighted by Crippen LogP contribution is 2.27. The van der Waals surface area contributed by atoms with Crippen LogP contribution in [0, 0.1) is 6.92 Å². The largest absolute Gasteiger partial charge is 0.416 e. The summed E-state index contributed by atoms with van der Waals surface area (Å²) < 4.78 is 5.26. The van der Waals surface area contributed by atoms with Crippen molar-refractivity contribution in [3.8, 4) is 0 Å². The average molecular weight is 299 g/mol. The highest BCUT2D eigenvalue weighted by Gasteiger charge is 2.09. The van der Waals surface area contributed by atoms with Crippen molar-refractivity contribution in [2.45, 2.75) is 17.9 Å². The molecule has 8 heteroatoms. The zero-order chi connectivity index (χ0) is 12.5. The number of hydrogen-bond acceptors (Lipinski definition) is 7. The van der Waals surface area contributed by atoms with E-state index in [1.165, 1.54) is 11.8 Å². The van der Waals surface area contributed by atoms with Gasteiger partial charge in [-0.1, -0.05) is 23.4 Å². The lowest BCUT2D eigenvalue weighted by Gasteiger charge is -1.99. The fraction of sp³-hybridized carbons (Fsp3) is 0.200. The van der Waals surface area contributed by atoms with E-state index in [1.807, 2.05) is 11.4 Å². The fourth-order valence-corrected chi connectivity index (χ4v) is 3.14. The van der Waals surface area contributed by atoms with Gasteiger partial charge in [-0.05, 0) is 11.4 Å². The van der Waals surface area contributed by atoms with E-state index in [0.29, 0.717) is 27.8 Å². The van der Waals surface area contributed by atoms with Gasteiger partial charge in [0.05, 0.1) is 5.75 Å². The van der Waals surface area contributed by atoms with Crippen molar-refractivity contribution in [1.82, 2.24) is 20.2 Å². The van der Waals surface area contributed by atoms with Gasteiger partial charge in [0, 0.05) is 12.3 Å². The van der Waals surface area contributed by atoms with Crippen LogP contribution in [0.4, 0.5) is 0 Å². The molecule has 0 aliphatic heterocycles. The lowest BCUT2D eigenvalue weighted by Crippen LogP contribution is -1.92. The predicted octanol–water partition coefficient (Wildman–Crippen LogP) is 3.33. The Hall–Kier alpha value is -1.18. The molecule has 3 heterocycles. The van der Waals surface area contributed by atoms with E-state index in [1.54, 1.807) is 18.3 Å². The third-order valence-corrected chi connectivity index (χ3v) is 4.07. The first-order chi connectivity index (χ1) is 8.72. The highest BCUT2D eigenvalue weighted by atomic mass is 35.5. The number of aryl methyl sites for hydroxylation is 1. The van der Waals surface area contributed by atoms with E-state index >= 15 is 0 Å². The minimum atomic E-state index is 0.485. The molecule has 92 valence electrons. The molecule has 0 aliphatic rings. The first-order valence-electron chi connectivity index (χ1n) is 5.05. The number of thioether (sulfide) groups is 1. The van der Waals surface area contributed by atoms with Gasteiger partial charge < -0.3 is 4.42 Å². The summed E-state index contributed by atoms with van der Waals surface area (Å²) in [4.78, 5) is 9.57. The minimum absolute atomic E-state index is 0.485. The van der Waals surface area contributed by atoms with E-state index in [4.69, 9.17) is 16.0 Å². The maximum Gasteiger partial charge on any atom is 0.277 e. The highest BCUT2D eigenvalue weighted by molar-refractivity contribution is 7.98. The van der Waals surface area contributed by atoms with Gasteiger partial charge in [0.2, 0.25) is 5.89 Å². The average Bonchev–Trinajstić information content (AvgIpc) is 2.95. The molecule has 0 saturated carbocycles. The Morgan fingerprint density at radius 1 is 1.39 bits per heavy atom. The molecule has 3 rings (SSSR count). The summed E-state index contributed by atoms with van der Waals surface area (Å²) in [5.74, 6) is 1.76. The van der Waals surface area contributed by atoms with Crippen molar-refractivity contribution in [3.63, 3.8) is 0 Å². The van der Waals surface area contributed by atoms with Gasteiger partial charge >= 0.3 is 0 Å². The molecule has 3 aromatic heterocycles. The van der Waals surface area contributed by atoms with Crippen LogP contribution in [-0.4, -0.2) is 20.2 Å². The second-order valence-electron chi connectivity index (χ2n) is 3.45. The van der Waals surface area contributed by atoms with E-state index < -0.39 is 0 Å². The summed E-state index contributed by atoms with van der Waals surface area (Å²) in [6, 6.07) is 1.92. The number of aromatic nitrogens is 4. The second kappa shape index (κ2) is 4.83. The van der Waals surface area contributed by atoms with Crippen molar-refractivity contribution >= 4 is 44.9 Å². The number of rotatable bonds is 3. The lowest BCUT2D eigenvalue weighted by atomic mass is 10.4. The van der Waals surface area contributed by atoms with Gasteiger partial charge in [-0.3, -0.25) is 0 Å². The third-order valence-electron chi connectivity index (χ3n) is 2.16. The van der Waals surface area contributed by atoms with Gasteiger partial charge in [-0.2, -0.15) is 0 Å². The Morgan fingerprint density at radius 2 is 2.28 bits per heavy atom. The number of nitrogens with zero attached hydrogens (tertiary/aromatic N) is 4. The number of thiophene rings is 1. The molecule has 5 nitrogen and oxygen atoms in total. The first-order valence-corrected chi connectivity index (χ1v) is 7.29. The van der Waals surface area contributed by atoms with Crippen molar-refractivity contribution in [2.24, 2.45) is 0 Å². The molecule has 0 saturated heterocycles. The van der Waals surface area contributed by atoms with Crippen molar-refractivity contribution in [3.05, 3.63) is 28.3 Å². The number of halogens is 1.